The summed E-state index contributed by atoms with van der Waals surface area (Å²) in [4.78, 5) is 0. The van der Waals surface area contributed by atoms with Crippen LogP contribution in [0.5, 0.6) is 0 Å². The first-order chi connectivity index (χ1) is 8.38. The molecule has 0 amide bonds. The summed E-state index contributed by atoms with van der Waals surface area (Å²) >= 11 is 0. The molecule has 0 saturated carbocycles. The van der Waals surface area contributed by atoms with Gasteiger partial charge in [0.1, 0.15) is 0 Å². The van der Waals surface area contributed by atoms with Crippen LogP contribution in [0.3, 0.4) is 0 Å². The summed E-state index contributed by atoms with van der Waals surface area (Å²) in [6, 6.07) is 8.65. The van der Waals surface area contributed by atoms with Crippen LogP contribution in [-0.4, -0.2) is 6.54 Å². The smallest absolute Gasteiger partial charge is 0.0372 e. The van der Waals surface area contributed by atoms with Gasteiger partial charge < -0.3 is 5.32 Å². The lowest BCUT2D eigenvalue weighted by Gasteiger charge is -2.11. The first-order valence-electron chi connectivity index (χ1n) is 6.81. The Morgan fingerprint density at radius 3 is 2.76 bits per heavy atom. The van der Waals surface area contributed by atoms with Crippen LogP contribution >= 0.6 is 0 Å². The molecule has 1 aromatic carbocycles. The number of anilines is 1. The summed E-state index contributed by atoms with van der Waals surface area (Å²) in [5.74, 6) is 0. The molecule has 1 aromatic rings. The molecule has 1 nitrogen and oxygen atoms in total. The maximum Gasteiger partial charge on any atom is 0.0372 e. The molecule has 1 N–H and O–H groups in total. The van der Waals surface area contributed by atoms with E-state index in [1.165, 1.54) is 43.4 Å². The van der Waals surface area contributed by atoms with Gasteiger partial charge in [0.05, 0.1) is 0 Å². The monoisotopic (exact) mass is 231 g/mol. The van der Waals surface area contributed by atoms with Crippen LogP contribution < -0.4 is 5.32 Å². The third-order valence-corrected chi connectivity index (χ3v) is 2.94. The van der Waals surface area contributed by atoms with Crippen molar-refractivity contribution in [2.24, 2.45) is 0 Å². The minimum atomic E-state index is 1.08. The van der Waals surface area contributed by atoms with Crippen LogP contribution in [0.15, 0.2) is 36.9 Å². The maximum absolute atomic E-state index is 3.74. The Morgan fingerprint density at radius 1 is 1.18 bits per heavy atom. The molecule has 0 aliphatic heterocycles. The molecule has 1 heteroatoms. The highest BCUT2D eigenvalue weighted by Crippen LogP contribution is 2.16. The lowest BCUT2D eigenvalue weighted by atomic mass is 10.1. The van der Waals surface area contributed by atoms with Crippen molar-refractivity contribution < 1.29 is 0 Å². The lowest BCUT2D eigenvalue weighted by molar-refractivity contribution is 0.708. The average molecular weight is 231 g/mol. The van der Waals surface area contributed by atoms with Crippen LogP contribution in [0.4, 0.5) is 5.69 Å². The normalized spacial score (nSPS) is 10.2. The highest BCUT2D eigenvalue weighted by molar-refractivity contribution is 5.51. The summed E-state index contributed by atoms with van der Waals surface area (Å²) in [6.45, 7) is 7.05. The van der Waals surface area contributed by atoms with Gasteiger partial charge in [-0.2, -0.15) is 0 Å². The van der Waals surface area contributed by atoms with Crippen LogP contribution in [0.25, 0.3) is 0 Å². The number of aryl methyl sites for hydroxylation is 1. The number of para-hydroxylation sites is 1. The van der Waals surface area contributed by atoms with Gasteiger partial charge in [-0.3, -0.25) is 0 Å². The fraction of sp³-hybridized carbons (Fsp3) is 0.500. The minimum Gasteiger partial charge on any atom is -0.385 e. The number of hydrogen-bond acceptors (Lipinski definition) is 1. The van der Waals surface area contributed by atoms with Gasteiger partial charge >= 0.3 is 0 Å². The van der Waals surface area contributed by atoms with Crippen molar-refractivity contribution in [3.05, 3.63) is 42.5 Å². The maximum atomic E-state index is 3.74. The second-order valence-electron chi connectivity index (χ2n) is 4.47. The number of unbranched alkanes of at least 4 members (excludes halogenated alkanes) is 3. The zero-order chi connectivity index (χ0) is 12.3. The molecule has 0 unspecified atom stereocenters. The third kappa shape index (κ3) is 5.58. The fourth-order valence-electron chi connectivity index (χ4n) is 1.99. The summed E-state index contributed by atoms with van der Waals surface area (Å²) < 4.78 is 0. The van der Waals surface area contributed by atoms with Gasteiger partial charge in [-0.1, -0.05) is 44.0 Å². The van der Waals surface area contributed by atoms with Crippen molar-refractivity contribution in [2.75, 3.05) is 11.9 Å². The molecule has 0 bridgehead atoms. The highest BCUT2D eigenvalue weighted by Gasteiger charge is 1.99. The summed E-state index contributed by atoms with van der Waals surface area (Å²) in [7, 11) is 0. The highest BCUT2D eigenvalue weighted by atomic mass is 14.9. The molecule has 0 aliphatic carbocycles. The SMILES string of the molecule is C=CCCCCCNc1ccccc1CCC. The van der Waals surface area contributed by atoms with Crippen molar-refractivity contribution in [1.82, 2.24) is 0 Å². The summed E-state index contributed by atoms with van der Waals surface area (Å²) in [6.07, 6.45) is 9.32. The average Bonchev–Trinajstić information content (AvgIpc) is 2.36. The Hall–Kier alpha value is -1.24. The van der Waals surface area contributed by atoms with E-state index in [0.717, 1.165) is 13.0 Å². The standard InChI is InChI=1S/C16H25N/c1-3-5-6-7-10-14-17-16-13-9-8-12-15(16)11-4-2/h3,8-9,12-13,17H,1,4-7,10-11,14H2,2H3. The van der Waals surface area contributed by atoms with Crippen molar-refractivity contribution in [3.8, 4) is 0 Å². The van der Waals surface area contributed by atoms with E-state index in [2.05, 4.69) is 43.1 Å². The van der Waals surface area contributed by atoms with Gasteiger partial charge in [0.15, 0.2) is 0 Å². The van der Waals surface area contributed by atoms with E-state index in [0.29, 0.717) is 0 Å². The molecule has 0 radical (unpaired) electrons. The van der Waals surface area contributed by atoms with Gasteiger partial charge in [-0.25, -0.2) is 0 Å². The van der Waals surface area contributed by atoms with Gasteiger partial charge in [0.25, 0.3) is 0 Å². The Morgan fingerprint density at radius 2 is 2.00 bits per heavy atom. The number of rotatable bonds is 9. The second kappa shape index (κ2) is 8.86. The zero-order valence-corrected chi connectivity index (χ0v) is 11.0. The van der Waals surface area contributed by atoms with Gasteiger partial charge in [-0.05, 0) is 37.3 Å². The quantitative estimate of drug-likeness (QED) is 0.475. The molecule has 0 heterocycles. The Labute approximate surface area is 106 Å². The van der Waals surface area contributed by atoms with Gasteiger partial charge in [-0.15, -0.1) is 6.58 Å². The number of allylic oxidation sites excluding steroid dienone is 1. The first kappa shape index (κ1) is 13.8. The van der Waals surface area contributed by atoms with Crippen LogP contribution in [0, 0.1) is 0 Å². The largest absolute Gasteiger partial charge is 0.385 e. The molecule has 0 atom stereocenters. The Kier molecular flexibility index (Phi) is 7.20. The van der Waals surface area contributed by atoms with Gasteiger partial charge in [0, 0.05) is 12.2 Å². The molecule has 0 spiro atoms. The van der Waals surface area contributed by atoms with E-state index >= 15 is 0 Å². The molecule has 94 valence electrons. The van der Waals surface area contributed by atoms with Crippen LogP contribution in [-0.2, 0) is 6.42 Å². The van der Waals surface area contributed by atoms with Crippen molar-refractivity contribution >= 4 is 5.69 Å². The molecular formula is C16H25N. The Bertz CT molecular complexity index is 317. The van der Waals surface area contributed by atoms with Crippen molar-refractivity contribution in [2.45, 2.75) is 45.4 Å². The summed E-state index contributed by atoms with van der Waals surface area (Å²) in [5, 5.41) is 3.55. The number of nitrogens with one attached hydrogen (secondary N) is 1. The van der Waals surface area contributed by atoms with E-state index in [4.69, 9.17) is 0 Å². The molecule has 17 heavy (non-hydrogen) atoms. The Balaban J connectivity index is 2.28. The van der Waals surface area contributed by atoms with Crippen LogP contribution in [0.2, 0.25) is 0 Å². The van der Waals surface area contributed by atoms with E-state index in [1.807, 2.05) is 6.08 Å². The third-order valence-electron chi connectivity index (χ3n) is 2.94. The first-order valence-corrected chi connectivity index (χ1v) is 6.81. The van der Waals surface area contributed by atoms with E-state index in [9.17, 15) is 0 Å². The summed E-state index contributed by atoms with van der Waals surface area (Å²) in [5.41, 5.74) is 2.76. The molecule has 0 aliphatic rings. The van der Waals surface area contributed by atoms with E-state index in [1.54, 1.807) is 0 Å². The van der Waals surface area contributed by atoms with Gasteiger partial charge in [0.2, 0.25) is 0 Å². The zero-order valence-electron chi connectivity index (χ0n) is 11.0. The predicted molar refractivity (Wildman–Crippen MR) is 77.6 cm³/mol. The molecular weight excluding hydrogens is 206 g/mol. The number of hydrogen-bond donors (Lipinski definition) is 1. The number of benzene rings is 1. The second-order valence-corrected chi connectivity index (χ2v) is 4.47. The fourth-order valence-corrected chi connectivity index (χ4v) is 1.99. The molecule has 0 saturated heterocycles. The lowest BCUT2D eigenvalue weighted by Crippen LogP contribution is -2.04. The predicted octanol–water partition coefficient (Wildman–Crippen LogP) is 4.80. The molecule has 1 rings (SSSR count). The van der Waals surface area contributed by atoms with Crippen molar-refractivity contribution in [1.29, 1.82) is 0 Å². The molecule has 0 fully saturated rings. The topological polar surface area (TPSA) is 12.0 Å². The van der Waals surface area contributed by atoms with Crippen LogP contribution in [0.1, 0.15) is 44.6 Å². The van der Waals surface area contributed by atoms with Crippen molar-refractivity contribution in [3.63, 3.8) is 0 Å². The van der Waals surface area contributed by atoms with E-state index < -0.39 is 0 Å². The minimum absolute atomic E-state index is 1.08. The van der Waals surface area contributed by atoms with E-state index in [-0.39, 0.29) is 0 Å². The molecule has 0 aromatic heterocycles.